The van der Waals surface area contributed by atoms with E-state index in [2.05, 4.69) is 15.3 Å². The SMILES string of the molecule is CCNc1cc(OC2CCCCC2)nc(COCC)n1. The zero-order valence-electron chi connectivity index (χ0n) is 12.5. The molecule has 0 aromatic carbocycles. The van der Waals surface area contributed by atoms with Crippen LogP contribution < -0.4 is 10.1 Å². The van der Waals surface area contributed by atoms with Crippen LogP contribution in [0.25, 0.3) is 0 Å². The summed E-state index contributed by atoms with van der Waals surface area (Å²) in [5.41, 5.74) is 0. The van der Waals surface area contributed by atoms with E-state index in [1.807, 2.05) is 19.9 Å². The minimum Gasteiger partial charge on any atom is -0.474 e. The lowest BCUT2D eigenvalue weighted by Crippen LogP contribution is -2.20. The highest BCUT2D eigenvalue weighted by Crippen LogP contribution is 2.23. The van der Waals surface area contributed by atoms with Crippen molar-refractivity contribution in [3.05, 3.63) is 11.9 Å². The van der Waals surface area contributed by atoms with Gasteiger partial charge in [0.25, 0.3) is 0 Å². The molecule has 5 nitrogen and oxygen atoms in total. The van der Waals surface area contributed by atoms with Crippen LogP contribution in [0.15, 0.2) is 6.07 Å². The van der Waals surface area contributed by atoms with Gasteiger partial charge in [0, 0.05) is 19.2 Å². The molecular formula is C15H25N3O2. The fourth-order valence-electron chi connectivity index (χ4n) is 2.42. The molecule has 2 rings (SSSR count). The van der Waals surface area contributed by atoms with E-state index in [0.29, 0.717) is 31.0 Å². The molecule has 0 spiro atoms. The van der Waals surface area contributed by atoms with Gasteiger partial charge < -0.3 is 14.8 Å². The van der Waals surface area contributed by atoms with Crippen molar-refractivity contribution < 1.29 is 9.47 Å². The van der Waals surface area contributed by atoms with Gasteiger partial charge in [0.2, 0.25) is 5.88 Å². The lowest BCUT2D eigenvalue weighted by molar-refractivity contribution is 0.123. The summed E-state index contributed by atoms with van der Waals surface area (Å²) in [4.78, 5) is 8.88. The van der Waals surface area contributed by atoms with Crippen LogP contribution in [0.3, 0.4) is 0 Å². The molecule has 1 aromatic rings. The Morgan fingerprint density at radius 1 is 1.20 bits per heavy atom. The van der Waals surface area contributed by atoms with Crippen LogP contribution in [0.4, 0.5) is 5.82 Å². The van der Waals surface area contributed by atoms with Gasteiger partial charge in [0.1, 0.15) is 18.5 Å². The van der Waals surface area contributed by atoms with Crippen molar-refractivity contribution in [1.82, 2.24) is 9.97 Å². The second-order valence-electron chi connectivity index (χ2n) is 5.05. The number of nitrogens with zero attached hydrogens (tertiary/aromatic N) is 2. The first-order valence-electron chi connectivity index (χ1n) is 7.68. The second kappa shape index (κ2) is 8.04. The van der Waals surface area contributed by atoms with Gasteiger partial charge in [0.05, 0.1) is 0 Å². The Bertz CT molecular complexity index is 406. The van der Waals surface area contributed by atoms with E-state index in [1.54, 1.807) is 0 Å². The Labute approximate surface area is 121 Å². The maximum absolute atomic E-state index is 6.02. The van der Waals surface area contributed by atoms with Crippen molar-refractivity contribution in [2.24, 2.45) is 0 Å². The lowest BCUT2D eigenvalue weighted by Gasteiger charge is -2.22. The molecule has 0 bridgehead atoms. The summed E-state index contributed by atoms with van der Waals surface area (Å²) in [5, 5.41) is 3.22. The molecule has 1 aliphatic carbocycles. The van der Waals surface area contributed by atoms with Crippen molar-refractivity contribution in [3.8, 4) is 5.88 Å². The standard InChI is InChI=1S/C15H25N3O2/c1-3-16-13-10-15(18-14(17-13)11-19-4-2)20-12-8-6-5-7-9-12/h10,12H,3-9,11H2,1-2H3,(H,16,17,18). The van der Waals surface area contributed by atoms with E-state index in [4.69, 9.17) is 9.47 Å². The van der Waals surface area contributed by atoms with Crippen LogP contribution in [0.1, 0.15) is 51.8 Å². The number of ether oxygens (including phenoxy) is 2. The largest absolute Gasteiger partial charge is 0.474 e. The first-order valence-corrected chi connectivity index (χ1v) is 7.68. The molecule has 0 saturated heterocycles. The quantitative estimate of drug-likeness (QED) is 0.831. The molecule has 1 fully saturated rings. The van der Waals surface area contributed by atoms with Crippen molar-refractivity contribution in [2.45, 2.75) is 58.7 Å². The van der Waals surface area contributed by atoms with Crippen LogP contribution in [0, 0.1) is 0 Å². The Balaban J connectivity index is 2.06. The van der Waals surface area contributed by atoms with Crippen LogP contribution in [-0.2, 0) is 11.3 Å². The number of rotatable bonds is 7. The van der Waals surface area contributed by atoms with Gasteiger partial charge in [-0.05, 0) is 39.5 Å². The van der Waals surface area contributed by atoms with Gasteiger partial charge in [-0.3, -0.25) is 0 Å². The zero-order valence-corrected chi connectivity index (χ0v) is 12.5. The van der Waals surface area contributed by atoms with Gasteiger partial charge in [-0.25, -0.2) is 4.98 Å². The predicted molar refractivity (Wildman–Crippen MR) is 79.0 cm³/mol. The third-order valence-corrected chi connectivity index (χ3v) is 3.38. The van der Waals surface area contributed by atoms with Crippen molar-refractivity contribution in [2.75, 3.05) is 18.5 Å². The Morgan fingerprint density at radius 3 is 2.70 bits per heavy atom. The molecule has 1 aliphatic rings. The molecule has 0 amide bonds. The molecule has 20 heavy (non-hydrogen) atoms. The molecule has 0 atom stereocenters. The van der Waals surface area contributed by atoms with Crippen molar-refractivity contribution in [3.63, 3.8) is 0 Å². The highest BCUT2D eigenvalue weighted by Gasteiger charge is 2.16. The molecule has 0 aliphatic heterocycles. The van der Waals surface area contributed by atoms with E-state index in [0.717, 1.165) is 25.2 Å². The molecule has 0 unspecified atom stereocenters. The average Bonchev–Trinajstić information content (AvgIpc) is 2.46. The summed E-state index contributed by atoms with van der Waals surface area (Å²) in [6.45, 7) is 5.93. The summed E-state index contributed by atoms with van der Waals surface area (Å²) >= 11 is 0. The maximum Gasteiger partial charge on any atom is 0.219 e. The lowest BCUT2D eigenvalue weighted by atomic mass is 9.98. The molecule has 0 radical (unpaired) electrons. The zero-order chi connectivity index (χ0) is 14.2. The van der Waals surface area contributed by atoms with E-state index in [9.17, 15) is 0 Å². The van der Waals surface area contributed by atoms with Crippen LogP contribution in [0.5, 0.6) is 5.88 Å². The van der Waals surface area contributed by atoms with Gasteiger partial charge in [-0.15, -0.1) is 0 Å². The van der Waals surface area contributed by atoms with Crippen molar-refractivity contribution >= 4 is 5.82 Å². The van der Waals surface area contributed by atoms with Gasteiger partial charge in [-0.2, -0.15) is 4.98 Å². The minimum atomic E-state index is 0.299. The molecule has 1 aromatic heterocycles. The smallest absolute Gasteiger partial charge is 0.219 e. The fourth-order valence-corrected chi connectivity index (χ4v) is 2.42. The monoisotopic (exact) mass is 279 g/mol. The van der Waals surface area contributed by atoms with E-state index < -0.39 is 0 Å². The number of hydrogen-bond donors (Lipinski definition) is 1. The topological polar surface area (TPSA) is 56.3 Å². The first-order chi connectivity index (χ1) is 9.81. The summed E-state index contributed by atoms with van der Waals surface area (Å²) in [5.74, 6) is 2.15. The summed E-state index contributed by atoms with van der Waals surface area (Å²) in [7, 11) is 0. The van der Waals surface area contributed by atoms with Crippen molar-refractivity contribution in [1.29, 1.82) is 0 Å². The normalized spacial score (nSPS) is 16.1. The fraction of sp³-hybridized carbons (Fsp3) is 0.733. The number of anilines is 1. The molecule has 1 heterocycles. The Morgan fingerprint density at radius 2 is 2.00 bits per heavy atom. The van der Waals surface area contributed by atoms with Crippen LogP contribution in [0.2, 0.25) is 0 Å². The van der Waals surface area contributed by atoms with Gasteiger partial charge in [0.15, 0.2) is 5.82 Å². The summed E-state index contributed by atoms with van der Waals surface area (Å²) in [6, 6.07) is 1.88. The Hall–Kier alpha value is -1.36. The maximum atomic E-state index is 6.02. The second-order valence-corrected chi connectivity index (χ2v) is 5.05. The van der Waals surface area contributed by atoms with E-state index in [-0.39, 0.29) is 0 Å². The summed E-state index contributed by atoms with van der Waals surface area (Å²) in [6.07, 6.45) is 6.38. The third-order valence-electron chi connectivity index (χ3n) is 3.38. The highest BCUT2D eigenvalue weighted by molar-refractivity contribution is 5.38. The van der Waals surface area contributed by atoms with Crippen LogP contribution >= 0.6 is 0 Å². The predicted octanol–water partition coefficient (Wildman–Crippen LogP) is 3.16. The van der Waals surface area contributed by atoms with Crippen LogP contribution in [-0.4, -0.2) is 29.2 Å². The van der Waals surface area contributed by atoms with E-state index >= 15 is 0 Å². The molecular weight excluding hydrogens is 254 g/mol. The highest BCUT2D eigenvalue weighted by atomic mass is 16.5. The van der Waals surface area contributed by atoms with Gasteiger partial charge >= 0.3 is 0 Å². The summed E-state index contributed by atoms with van der Waals surface area (Å²) < 4.78 is 11.4. The molecule has 112 valence electrons. The van der Waals surface area contributed by atoms with Gasteiger partial charge in [-0.1, -0.05) is 6.42 Å². The number of nitrogens with one attached hydrogen (secondary N) is 1. The number of hydrogen-bond acceptors (Lipinski definition) is 5. The Kier molecular flexibility index (Phi) is 6.05. The first kappa shape index (κ1) is 15.0. The van der Waals surface area contributed by atoms with E-state index in [1.165, 1.54) is 19.3 Å². The number of aromatic nitrogens is 2. The molecule has 1 N–H and O–H groups in total. The molecule has 1 saturated carbocycles. The average molecular weight is 279 g/mol. The molecule has 5 heteroatoms. The third kappa shape index (κ3) is 4.63. The minimum absolute atomic E-state index is 0.299.